The van der Waals surface area contributed by atoms with E-state index in [9.17, 15) is 9.59 Å². The number of carbonyl (C=O) groups is 2. The van der Waals surface area contributed by atoms with Gasteiger partial charge in [-0.15, -0.1) is 0 Å². The number of anilines is 1. The van der Waals surface area contributed by atoms with E-state index in [0.717, 1.165) is 20.4 Å². The molecule has 2 N–H and O–H groups in total. The molecule has 0 radical (unpaired) electrons. The second-order valence-corrected chi connectivity index (χ2v) is 8.65. The molecule has 0 unspecified atom stereocenters. The molecule has 0 bridgehead atoms. The van der Waals surface area contributed by atoms with E-state index in [4.69, 9.17) is 9.47 Å². The van der Waals surface area contributed by atoms with E-state index in [2.05, 4.69) is 38.4 Å². The summed E-state index contributed by atoms with van der Waals surface area (Å²) in [6.45, 7) is 6.04. The van der Waals surface area contributed by atoms with Crippen molar-refractivity contribution in [3.63, 3.8) is 0 Å². The van der Waals surface area contributed by atoms with Crippen molar-refractivity contribution in [1.29, 1.82) is 0 Å². The molecule has 0 aromatic heterocycles. The molecular formula is C26H26IN3O4. The van der Waals surface area contributed by atoms with E-state index in [0.29, 0.717) is 29.2 Å². The number of nitrogens with one attached hydrogen (secondary N) is 2. The number of benzene rings is 3. The molecule has 7 nitrogen and oxygen atoms in total. The number of amides is 2. The normalized spacial score (nSPS) is 10.7. The van der Waals surface area contributed by atoms with Crippen LogP contribution in [0.3, 0.4) is 0 Å². The first kappa shape index (κ1) is 25.2. The Balaban J connectivity index is 1.67. The summed E-state index contributed by atoms with van der Waals surface area (Å²) < 4.78 is 12.3. The van der Waals surface area contributed by atoms with Crippen LogP contribution in [-0.2, 0) is 4.79 Å². The van der Waals surface area contributed by atoms with Gasteiger partial charge in [-0.05, 0) is 90.4 Å². The van der Waals surface area contributed by atoms with Gasteiger partial charge in [0.2, 0.25) is 0 Å². The molecular weight excluding hydrogens is 545 g/mol. The number of aryl methyl sites for hydroxylation is 2. The van der Waals surface area contributed by atoms with Crippen molar-refractivity contribution >= 4 is 46.3 Å². The van der Waals surface area contributed by atoms with Gasteiger partial charge >= 0.3 is 0 Å². The molecule has 0 saturated heterocycles. The number of halogens is 1. The first-order valence-electron chi connectivity index (χ1n) is 10.7. The van der Waals surface area contributed by atoms with Crippen LogP contribution in [0.1, 0.15) is 34.0 Å². The van der Waals surface area contributed by atoms with Gasteiger partial charge in [0, 0.05) is 11.3 Å². The molecule has 176 valence electrons. The number of nitrogens with zero attached hydrogens (tertiary/aromatic N) is 1. The highest BCUT2D eigenvalue weighted by Gasteiger charge is 2.14. The Hall–Kier alpha value is -3.40. The van der Waals surface area contributed by atoms with Gasteiger partial charge in [-0.2, -0.15) is 5.10 Å². The lowest BCUT2D eigenvalue weighted by Gasteiger charge is -2.15. The van der Waals surface area contributed by atoms with Crippen LogP contribution >= 0.6 is 22.6 Å². The molecule has 0 spiro atoms. The molecule has 0 aliphatic carbocycles. The van der Waals surface area contributed by atoms with Crippen LogP contribution in [0.2, 0.25) is 0 Å². The van der Waals surface area contributed by atoms with Crippen LogP contribution in [0, 0.1) is 17.4 Å². The van der Waals surface area contributed by atoms with Crippen molar-refractivity contribution in [2.75, 3.05) is 18.5 Å². The van der Waals surface area contributed by atoms with Crippen LogP contribution in [0.5, 0.6) is 11.5 Å². The summed E-state index contributed by atoms with van der Waals surface area (Å²) in [5.41, 5.74) is 6.55. The maximum atomic E-state index is 12.5. The van der Waals surface area contributed by atoms with Crippen molar-refractivity contribution in [3.05, 3.63) is 86.5 Å². The molecule has 2 amide bonds. The summed E-state index contributed by atoms with van der Waals surface area (Å²) in [5, 5.41) is 6.92. The lowest BCUT2D eigenvalue weighted by molar-refractivity contribution is -0.118. The summed E-state index contributed by atoms with van der Waals surface area (Å²) >= 11 is 2.12. The van der Waals surface area contributed by atoms with E-state index < -0.39 is 0 Å². The molecule has 0 atom stereocenters. The standard InChI is InChI=1S/C26H26IN3O4/c1-4-33-23-14-19(15-28-30-26(32)20-8-6-5-7-9-20)13-21(27)25(23)34-16-24(31)29-22-12-17(2)10-11-18(22)3/h5-15H,4,16H2,1-3H3,(H,29,31)(H,30,32)/b28-15+. The third-order valence-electron chi connectivity index (χ3n) is 4.76. The van der Waals surface area contributed by atoms with Crippen molar-refractivity contribution < 1.29 is 19.1 Å². The summed E-state index contributed by atoms with van der Waals surface area (Å²) in [6.07, 6.45) is 1.53. The fourth-order valence-corrected chi connectivity index (χ4v) is 3.86. The number of hydrazone groups is 1. The summed E-state index contributed by atoms with van der Waals surface area (Å²) in [6, 6.07) is 18.3. The number of hydrogen-bond donors (Lipinski definition) is 2. The molecule has 3 aromatic carbocycles. The van der Waals surface area contributed by atoms with Gasteiger partial charge in [-0.3, -0.25) is 9.59 Å². The largest absolute Gasteiger partial charge is 0.490 e. The Morgan fingerprint density at radius 1 is 1.03 bits per heavy atom. The summed E-state index contributed by atoms with van der Waals surface area (Å²) in [4.78, 5) is 24.6. The number of ether oxygens (including phenoxy) is 2. The van der Waals surface area contributed by atoms with Crippen molar-refractivity contribution in [2.24, 2.45) is 5.10 Å². The SMILES string of the molecule is CCOc1cc(/C=N/NC(=O)c2ccccc2)cc(I)c1OCC(=O)Nc1cc(C)ccc1C. The van der Waals surface area contributed by atoms with Crippen LogP contribution in [0.4, 0.5) is 5.69 Å². The predicted octanol–water partition coefficient (Wildman–Crippen LogP) is 5.09. The van der Waals surface area contributed by atoms with Gasteiger partial charge in [0.05, 0.1) is 16.4 Å². The molecule has 3 aromatic rings. The fourth-order valence-electron chi connectivity index (χ4n) is 3.08. The monoisotopic (exact) mass is 571 g/mol. The maximum absolute atomic E-state index is 12.5. The highest BCUT2D eigenvalue weighted by Crippen LogP contribution is 2.34. The molecule has 0 saturated carbocycles. The quantitative estimate of drug-likeness (QED) is 0.213. The zero-order valence-electron chi connectivity index (χ0n) is 19.2. The summed E-state index contributed by atoms with van der Waals surface area (Å²) in [7, 11) is 0. The van der Waals surface area contributed by atoms with Gasteiger partial charge in [0.15, 0.2) is 18.1 Å². The average molecular weight is 571 g/mol. The Morgan fingerprint density at radius 2 is 1.79 bits per heavy atom. The Bertz CT molecular complexity index is 1200. The van der Waals surface area contributed by atoms with Gasteiger partial charge < -0.3 is 14.8 Å². The van der Waals surface area contributed by atoms with Crippen molar-refractivity contribution in [3.8, 4) is 11.5 Å². The van der Waals surface area contributed by atoms with Crippen molar-refractivity contribution in [1.82, 2.24) is 5.43 Å². The molecule has 0 aliphatic rings. The third kappa shape index (κ3) is 7.05. The van der Waals surface area contributed by atoms with E-state index in [1.807, 2.05) is 51.1 Å². The number of carbonyl (C=O) groups excluding carboxylic acids is 2. The number of hydrogen-bond acceptors (Lipinski definition) is 5. The molecule has 3 rings (SSSR count). The minimum Gasteiger partial charge on any atom is -0.490 e. The lowest BCUT2D eigenvalue weighted by atomic mass is 10.1. The summed E-state index contributed by atoms with van der Waals surface area (Å²) in [5.74, 6) is 0.404. The Kier molecular flexibility index (Phi) is 9.03. The van der Waals surface area contributed by atoms with Gasteiger partial charge in [-0.25, -0.2) is 5.43 Å². The lowest BCUT2D eigenvalue weighted by Crippen LogP contribution is -2.21. The van der Waals surface area contributed by atoms with Gasteiger partial charge in [0.1, 0.15) is 0 Å². The van der Waals surface area contributed by atoms with Crippen LogP contribution < -0.4 is 20.2 Å². The van der Waals surface area contributed by atoms with E-state index in [-0.39, 0.29) is 18.4 Å². The van der Waals surface area contributed by atoms with Gasteiger partial charge in [-0.1, -0.05) is 30.3 Å². The molecule has 8 heteroatoms. The second-order valence-electron chi connectivity index (χ2n) is 7.48. The zero-order chi connectivity index (χ0) is 24.5. The van der Waals surface area contributed by atoms with E-state index in [1.165, 1.54) is 6.21 Å². The molecule has 34 heavy (non-hydrogen) atoms. The highest BCUT2D eigenvalue weighted by molar-refractivity contribution is 14.1. The second kappa shape index (κ2) is 12.2. The average Bonchev–Trinajstić information content (AvgIpc) is 2.81. The zero-order valence-corrected chi connectivity index (χ0v) is 21.4. The first-order valence-corrected chi connectivity index (χ1v) is 11.8. The first-order chi connectivity index (χ1) is 16.4. The Morgan fingerprint density at radius 3 is 2.53 bits per heavy atom. The molecule has 0 heterocycles. The minimum absolute atomic E-state index is 0.163. The minimum atomic E-state index is -0.300. The highest BCUT2D eigenvalue weighted by atomic mass is 127. The van der Waals surface area contributed by atoms with Crippen LogP contribution in [-0.4, -0.2) is 31.2 Å². The fraction of sp³-hybridized carbons (Fsp3) is 0.192. The van der Waals surface area contributed by atoms with E-state index in [1.54, 1.807) is 30.3 Å². The van der Waals surface area contributed by atoms with Crippen molar-refractivity contribution in [2.45, 2.75) is 20.8 Å². The van der Waals surface area contributed by atoms with E-state index >= 15 is 0 Å². The van der Waals surface area contributed by atoms with Crippen LogP contribution in [0.25, 0.3) is 0 Å². The third-order valence-corrected chi connectivity index (χ3v) is 5.56. The topological polar surface area (TPSA) is 89.0 Å². The van der Waals surface area contributed by atoms with Crippen LogP contribution in [0.15, 0.2) is 65.8 Å². The molecule has 0 fully saturated rings. The maximum Gasteiger partial charge on any atom is 0.271 e. The Labute approximate surface area is 212 Å². The predicted molar refractivity (Wildman–Crippen MR) is 142 cm³/mol. The smallest absolute Gasteiger partial charge is 0.271 e. The molecule has 0 aliphatic heterocycles. The van der Waals surface area contributed by atoms with Gasteiger partial charge in [0.25, 0.3) is 11.8 Å². The number of rotatable bonds is 9.